The quantitative estimate of drug-likeness (QED) is 0.666. The zero-order valence-corrected chi connectivity index (χ0v) is 14.9. The minimum absolute atomic E-state index is 0.0321. The summed E-state index contributed by atoms with van der Waals surface area (Å²) in [6, 6.07) is 6.40. The summed E-state index contributed by atoms with van der Waals surface area (Å²) in [6.07, 6.45) is 0.923. The van der Waals surface area contributed by atoms with E-state index < -0.39 is 4.92 Å². The van der Waals surface area contributed by atoms with Crippen molar-refractivity contribution in [2.45, 2.75) is 33.7 Å². The topological polar surface area (TPSA) is 92.1 Å². The summed E-state index contributed by atoms with van der Waals surface area (Å²) in [4.78, 5) is 32.4. The number of hydrogen-bond donors (Lipinski definition) is 1. The van der Waals surface area contributed by atoms with E-state index in [1.165, 1.54) is 12.1 Å². The van der Waals surface area contributed by atoms with E-state index in [1.54, 1.807) is 24.1 Å². The average molecular weight is 342 g/mol. The Morgan fingerprint density at radius 2 is 2.16 bits per heavy atom. The Balaban J connectivity index is 1.78. The number of imidazole rings is 1. The number of aryl methyl sites for hydroxylation is 1. The molecule has 0 unspecified atom stereocenters. The summed E-state index contributed by atoms with van der Waals surface area (Å²) < 4.78 is 0. The van der Waals surface area contributed by atoms with E-state index in [0.29, 0.717) is 23.6 Å². The molecular weight excluding hydrogens is 320 g/mol. The third kappa shape index (κ3) is 3.40. The minimum Gasteiger partial charge on any atom is -0.344 e. The largest absolute Gasteiger partial charge is 0.344 e. The number of nitrogens with zero attached hydrogens (tertiary/aromatic N) is 3. The van der Waals surface area contributed by atoms with Crippen LogP contribution in [0.1, 0.15) is 31.8 Å². The molecule has 0 aliphatic heterocycles. The third-order valence-electron chi connectivity index (χ3n) is 4.84. The number of amides is 1. The van der Waals surface area contributed by atoms with Gasteiger partial charge in [-0.2, -0.15) is 0 Å². The molecule has 1 amide bonds. The number of H-pyrrole nitrogens is 1. The zero-order chi connectivity index (χ0) is 18.4. The van der Waals surface area contributed by atoms with Crippen LogP contribution in [0.4, 0.5) is 5.69 Å². The van der Waals surface area contributed by atoms with Gasteiger partial charge in [0.15, 0.2) is 0 Å². The number of aromatic nitrogens is 2. The molecule has 1 heterocycles. The maximum Gasteiger partial charge on any atom is 0.270 e. The maximum absolute atomic E-state index is 12.4. The summed E-state index contributed by atoms with van der Waals surface area (Å²) in [5.74, 6) is 0.897. The van der Waals surface area contributed by atoms with Crippen molar-refractivity contribution in [2.24, 2.45) is 11.3 Å². The second-order valence-corrected chi connectivity index (χ2v) is 7.40. The SMILES string of the molecule is Cc1[nH]c(CN(C)C(=O)[C@H]2CC2(C)C)nc1-c1cccc([N+](=O)[O-])c1. The number of carbonyl (C=O) groups excluding carboxylic acids is 1. The molecule has 0 bridgehead atoms. The van der Waals surface area contributed by atoms with Crippen molar-refractivity contribution in [1.29, 1.82) is 0 Å². The molecule has 1 N–H and O–H groups in total. The molecule has 1 aliphatic rings. The average Bonchev–Trinajstić information content (AvgIpc) is 3.03. The van der Waals surface area contributed by atoms with Gasteiger partial charge in [-0.15, -0.1) is 0 Å². The maximum atomic E-state index is 12.4. The predicted molar refractivity (Wildman–Crippen MR) is 93.8 cm³/mol. The Morgan fingerprint density at radius 3 is 2.76 bits per heavy atom. The van der Waals surface area contributed by atoms with Crippen LogP contribution < -0.4 is 0 Å². The fraction of sp³-hybridized carbons (Fsp3) is 0.444. The molecule has 7 nitrogen and oxygen atoms in total. The van der Waals surface area contributed by atoms with Crippen LogP contribution in [-0.2, 0) is 11.3 Å². The van der Waals surface area contributed by atoms with Gasteiger partial charge in [0, 0.05) is 36.4 Å². The van der Waals surface area contributed by atoms with E-state index in [4.69, 9.17) is 0 Å². The molecular formula is C18H22N4O3. The molecule has 0 spiro atoms. The summed E-state index contributed by atoms with van der Waals surface area (Å²) in [6.45, 7) is 6.46. The fourth-order valence-electron chi connectivity index (χ4n) is 3.10. The summed E-state index contributed by atoms with van der Waals surface area (Å²) >= 11 is 0. The first-order valence-electron chi connectivity index (χ1n) is 8.24. The van der Waals surface area contributed by atoms with Crippen molar-refractivity contribution in [2.75, 3.05) is 7.05 Å². The highest BCUT2D eigenvalue weighted by Gasteiger charge is 2.51. The summed E-state index contributed by atoms with van der Waals surface area (Å²) in [7, 11) is 1.78. The lowest BCUT2D eigenvalue weighted by atomic mass is 10.1. The Labute approximate surface area is 146 Å². The van der Waals surface area contributed by atoms with E-state index in [-0.39, 0.29) is 22.9 Å². The first kappa shape index (κ1) is 17.1. The first-order valence-corrected chi connectivity index (χ1v) is 8.24. The van der Waals surface area contributed by atoms with E-state index in [2.05, 4.69) is 23.8 Å². The summed E-state index contributed by atoms with van der Waals surface area (Å²) in [5.41, 5.74) is 2.31. The molecule has 1 atom stereocenters. The molecule has 1 aromatic carbocycles. The second-order valence-electron chi connectivity index (χ2n) is 7.40. The van der Waals surface area contributed by atoms with Gasteiger partial charge in [0.1, 0.15) is 5.82 Å². The van der Waals surface area contributed by atoms with E-state index in [9.17, 15) is 14.9 Å². The van der Waals surface area contributed by atoms with Crippen LogP contribution >= 0.6 is 0 Å². The van der Waals surface area contributed by atoms with Crippen LogP contribution in [0, 0.1) is 28.4 Å². The highest BCUT2D eigenvalue weighted by atomic mass is 16.6. The lowest BCUT2D eigenvalue weighted by molar-refractivity contribution is -0.384. The van der Waals surface area contributed by atoms with Crippen molar-refractivity contribution in [3.05, 3.63) is 45.9 Å². The number of aromatic amines is 1. The van der Waals surface area contributed by atoms with Crippen LogP contribution in [0.3, 0.4) is 0 Å². The smallest absolute Gasteiger partial charge is 0.270 e. The van der Waals surface area contributed by atoms with Gasteiger partial charge in [0.25, 0.3) is 5.69 Å². The lowest BCUT2D eigenvalue weighted by Gasteiger charge is -2.16. The first-order chi connectivity index (χ1) is 11.7. The van der Waals surface area contributed by atoms with Gasteiger partial charge < -0.3 is 9.88 Å². The van der Waals surface area contributed by atoms with Crippen molar-refractivity contribution < 1.29 is 9.72 Å². The molecule has 1 aliphatic carbocycles. The van der Waals surface area contributed by atoms with Gasteiger partial charge in [-0.1, -0.05) is 26.0 Å². The second kappa shape index (κ2) is 5.98. The number of nitro groups is 1. The Kier molecular flexibility index (Phi) is 4.10. The fourth-order valence-corrected chi connectivity index (χ4v) is 3.10. The molecule has 1 fully saturated rings. The number of carbonyl (C=O) groups is 1. The van der Waals surface area contributed by atoms with Crippen molar-refractivity contribution in [1.82, 2.24) is 14.9 Å². The minimum atomic E-state index is -0.420. The van der Waals surface area contributed by atoms with Crippen molar-refractivity contribution in [3.63, 3.8) is 0 Å². The van der Waals surface area contributed by atoms with E-state index in [0.717, 1.165) is 12.1 Å². The Bertz CT molecular complexity index is 841. The molecule has 2 aromatic rings. The molecule has 1 saturated carbocycles. The molecule has 25 heavy (non-hydrogen) atoms. The van der Waals surface area contributed by atoms with Gasteiger partial charge in [0.2, 0.25) is 5.91 Å². The zero-order valence-electron chi connectivity index (χ0n) is 14.9. The molecule has 7 heteroatoms. The molecule has 0 saturated heterocycles. The number of rotatable bonds is 5. The van der Waals surface area contributed by atoms with Crippen LogP contribution in [0.5, 0.6) is 0 Å². The van der Waals surface area contributed by atoms with E-state index >= 15 is 0 Å². The molecule has 3 rings (SSSR count). The van der Waals surface area contributed by atoms with Gasteiger partial charge in [-0.05, 0) is 18.8 Å². The monoisotopic (exact) mass is 342 g/mol. The number of nitrogens with one attached hydrogen (secondary N) is 1. The van der Waals surface area contributed by atoms with Crippen molar-refractivity contribution >= 4 is 11.6 Å². The van der Waals surface area contributed by atoms with Gasteiger partial charge in [0.05, 0.1) is 17.2 Å². The van der Waals surface area contributed by atoms with Gasteiger partial charge in [-0.3, -0.25) is 14.9 Å². The highest BCUT2D eigenvalue weighted by Crippen LogP contribution is 2.52. The molecule has 1 aromatic heterocycles. The standard InChI is InChI=1S/C18H22N4O3/c1-11-16(12-6-5-7-13(8-12)22(24)25)20-15(19-11)10-21(4)17(23)14-9-18(14,2)3/h5-8,14H,9-10H2,1-4H3,(H,19,20)/t14-/m1/s1. The number of hydrogen-bond acceptors (Lipinski definition) is 4. The van der Waals surface area contributed by atoms with Crippen molar-refractivity contribution in [3.8, 4) is 11.3 Å². The third-order valence-corrected chi connectivity index (χ3v) is 4.84. The van der Waals surface area contributed by atoms with E-state index in [1.807, 2.05) is 6.92 Å². The Hall–Kier alpha value is -2.70. The number of nitro benzene ring substituents is 1. The number of non-ortho nitro benzene ring substituents is 1. The van der Waals surface area contributed by atoms with Gasteiger partial charge in [-0.25, -0.2) is 4.98 Å². The highest BCUT2D eigenvalue weighted by molar-refractivity contribution is 5.82. The normalized spacial score (nSPS) is 18.0. The lowest BCUT2D eigenvalue weighted by Crippen LogP contribution is -2.29. The van der Waals surface area contributed by atoms with Gasteiger partial charge >= 0.3 is 0 Å². The summed E-state index contributed by atoms with van der Waals surface area (Å²) in [5, 5.41) is 11.0. The van der Waals surface area contributed by atoms with Crippen LogP contribution in [0.25, 0.3) is 11.3 Å². The van der Waals surface area contributed by atoms with Crippen LogP contribution in [0.2, 0.25) is 0 Å². The predicted octanol–water partition coefficient (Wildman–Crippen LogP) is 3.30. The Morgan fingerprint density at radius 1 is 1.48 bits per heavy atom. The molecule has 132 valence electrons. The van der Waals surface area contributed by atoms with Crippen LogP contribution in [0.15, 0.2) is 24.3 Å². The number of benzene rings is 1. The van der Waals surface area contributed by atoms with Crippen LogP contribution in [-0.4, -0.2) is 32.7 Å². The molecule has 0 radical (unpaired) electrons.